The smallest absolute Gasteiger partial charge is 0.237 e. The summed E-state index contributed by atoms with van der Waals surface area (Å²) in [4.78, 5) is 32.1. The highest BCUT2D eigenvalue weighted by molar-refractivity contribution is 5.83. The Hall–Kier alpha value is -1.14. The molecule has 8 aliphatic carbocycles. The van der Waals surface area contributed by atoms with Crippen molar-refractivity contribution in [2.24, 2.45) is 35.5 Å². The lowest BCUT2D eigenvalue weighted by molar-refractivity contribution is -0.131. The molecule has 0 unspecified atom stereocenters. The van der Waals surface area contributed by atoms with E-state index in [-0.39, 0.29) is 23.2 Å². The van der Waals surface area contributed by atoms with Crippen molar-refractivity contribution in [1.29, 1.82) is 0 Å². The van der Waals surface area contributed by atoms with E-state index in [1.807, 2.05) is 0 Å². The Morgan fingerprint density at radius 1 is 0.564 bits per heavy atom. The average Bonchev–Trinajstić information content (AvgIpc) is 3.52. The Bertz CT molecular complexity index is 832. The molecule has 6 nitrogen and oxygen atoms in total. The molecule has 2 heterocycles. The zero-order valence-electron chi connectivity index (χ0n) is 24.2. The number of rotatable bonds is 8. The number of carbonyl (C=O) groups is 2. The van der Waals surface area contributed by atoms with Gasteiger partial charge < -0.3 is 10.6 Å². The topological polar surface area (TPSA) is 64.7 Å². The fraction of sp³-hybridized carbons (Fsp3) is 0.939. The van der Waals surface area contributed by atoms with Crippen molar-refractivity contribution in [1.82, 2.24) is 20.4 Å². The highest BCUT2D eigenvalue weighted by atomic mass is 16.2. The van der Waals surface area contributed by atoms with Crippen LogP contribution in [0.15, 0.2) is 0 Å². The molecule has 2 aliphatic heterocycles. The summed E-state index contributed by atoms with van der Waals surface area (Å²) in [5, 5.41) is 7.34. The largest absolute Gasteiger partial charge is 0.349 e. The van der Waals surface area contributed by atoms with Crippen molar-refractivity contribution >= 4 is 11.8 Å². The third kappa shape index (κ3) is 4.77. The third-order valence-electron chi connectivity index (χ3n) is 13.1. The van der Waals surface area contributed by atoms with Crippen LogP contribution in [0.1, 0.15) is 109 Å². The normalized spacial score (nSPS) is 48.2. The lowest BCUT2D eigenvalue weighted by Gasteiger charge is -2.57. The van der Waals surface area contributed by atoms with Gasteiger partial charge in [0.2, 0.25) is 11.8 Å². The van der Waals surface area contributed by atoms with Gasteiger partial charge in [0.25, 0.3) is 0 Å². The summed E-state index contributed by atoms with van der Waals surface area (Å²) in [6.45, 7) is 4.07. The van der Waals surface area contributed by atoms with Crippen LogP contribution >= 0.6 is 0 Å². The fourth-order valence-corrected chi connectivity index (χ4v) is 12.5. The van der Waals surface area contributed by atoms with Crippen LogP contribution in [0.5, 0.6) is 0 Å². The SMILES string of the molecule is O=C(NC12CC3CC(CC(C3)C1)C2)[C@@H]1CCCN1CCCN1CCC[C@H]1C(=O)NC12CC3CC(CC(C3)C1)C2. The van der Waals surface area contributed by atoms with Crippen molar-refractivity contribution in [3.8, 4) is 0 Å². The number of amides is 2. The Labute approximate surface area is 235 Å². The van der Waals surface area contributed by atoms with Crippen LogP contribution in [0.4, 0.5) is 0 Å². The summed E-state index contributed by atoms with van der Waals surface area (Å²) in [6.07, 6.45) is 21.3. The molecule has 0 aromatic carbocycles. The molecule has 2 amide bonds. The van der Waals surface area contributed by atoms with Crippen LogP contribution in [0.3, 0.4) is 0 Å². The van der Waals surface area contributed by atoms with Gasteiger partial charge in [-0.15, -0.1) is 0 Å². The quantitative estimate of drug-likeness (QED) is 0.480. The summed E-state index contributed by atoms with van der Waals surface area (Å²) >= 11 is 0. The molecule has 0 aromatic rings. The van der Waals surface area contributed by atoms with Gasteiger partial charge in [-0.1, -0.05) is 0 Å². The zero-order chi connectivity index (χ0) is 26.2. The zero-order valence-corrected chi connectivity index (χ0v) is 24.2. The molecule has 39 heavy (non-hydrogen) atoms. The fourth-order valence-electron chi connectivity index (χ4n) is 12.5. The molecule has 2 atom stereocenters. The van der Waals surface area contributed by atoms with Gasteiger partial charge in [0, 0.05) is 24.2 Å². The first-order chi connectivity index (χ1) is 18.9. The summed E-state index contributed by atoms with van der Waals surface area (Å²) < 4.78 is 0. The minimum absolute atomic E-state index is 0.0618. The van der Waals surface area contributed by atoms with Crippen LogP contribution in [-0.4, -0.2) is 71.0 Å². The minimum Gasteiger partial charge on any atom is -0.349 e. The van der Waals surface area contributed by atoms with Gasteiger partial charge in [-0.2, -0.15) is 0 Å². The van der Waals surface area contributed by atoms with Crippen LogP contribution in [0, 0.1) is 35.5 Å². The Morgan fingerprint density at radius 2 is 0.897 bits per heavy atom. The Morgan fingerprint density at radius 3 is 1.23 bits per heavy atom. The van der Waals surface area contributed by atoms with Crippen molar-refractivity contribution in [3.63, 3.8) is 0 Å². The van der Waals surface area contributed by atoms with E-state index in [0.717, 1.165) is 93.8 Å². The minimum atomic E-state index is 0.0618. The van der Waals surface area contributed by atoms with E-state index in [0.29, 0.717) is 11.8 Å². The molecule has 10 aliphatic rings. The number of nitrogens with one attached hydrogen (secondary N) is 2. The van der Waals surface area contributed by atoms with E-state index < -0.39 is 0 Å². The van der Waals surface area contributed by atoms with Gasteiger partial charge in [-0.3, -0.25) is 19.4 Å². The van der Waals surface area contributed by atoms with Crippen molar-refractivity contribution in [2.75, 3.05) is 26.2 Å². The Kier molecular flexibility index (Phi) is 6.37. The average molecular weight is 537 g/mol. The van der Waals surface area contributed by atoms with E-state index >= 15 is 0 Å². The van der Waals surface area contributed by atoms with Crippen LogP contribution in [0.2, 0.25) is 0 Å². The van der Waals surface area contributed by atoms with E-state index in [4.69, 9.17) is 0 Å². The van der Waals surface area contributed by atoms with E-state index in [9.17, 15) is 9.59 Å². The summed E-state index contributed by atoms with van der Waals surface area (Å²) in [6, 6.07) is 0.124. The maximum absolute atomic E-state index is 13.6. The molecular weight excluding hydrogens is 484 g/mol. The van der Waals surface area contributed by atoms with E-state index in [1.54, 1.807) is 0 Å². The first-order valence-electron chi connectivity index (χ1n) is 17.1. The molecule has 0 aromatic heterocycles. The van der Waals surface area contributed by atoms with Gasteiger partial charge in [-0.25, -0.2) is 0 Å². The van der Waals surface area contributed by atoms with Gasteiger partial charge in [0.1, 0.15) is 0 Å². The van der Waals surface area contributed by atoms with E-state index in [2.05, 4.69) is 20.4 Å². The molecule has 0 radical (unpaired) electrons. The number of hydrogen-bond donors (Lipinski definition) is 2. The molecule has 2 N–H and O–H groups in total. The summed E-state index contributed by atoms with van der Waals surface area (Å²) in [5.41, 5.74) is 0.236. The number of likely N-dealkylation sites (tertiary alicyclic amines) is 2. The monoisotopic (exact) mass is 536 g/mol. The van der Waals surface area contributed by atoms with Gasteiger partial charge in [0.05, 0.1) is 12.1 Å². The predicted octanol–water partition coefficient (Wildman–Crippen LogP) is 4.48. The van der Waals surface area contributed by atoms with Crippen LogP contribution < -0.4 is 10.6 Å². The second-order valence-corrected chi connectivity index (χ2v) is 16.1. The summed E-state index contributed by atoms with van der Waals surface area (Å²) in [5.74, 6) is 5.84. The molecule has 10 rings (SSSR count). The highest BCUT2D eigenvalue weighted by Crippen LogP contribution is 2.56. The highest BCUT2D eigenvalue weighted by Gasteiger charge is 2.53. The molecule has 0 spiro atoms. The van der Waals surface area contributed by atoms with Gasteiger partial charge in [-0.05, 0) is 158 Å². The van der Waals surface area contributed by atoms with Crippen molar-refractivity contribution in [3.05, 3.63) is 0 Å². The first-order valence-corrected chi connectivity index (χ1v) is 17.1. The van der Waals surface area contributed by atoms with Gasteiger partial charge in [0.15, 0.2) is 0 Å². The number of hydrogen-bond acceptors (Lipinski definition) is 4. The van der Waals surface area contributed by atoms with Gasteiger partial charge >= 0.3 is 0 Å². The third-order valence-corrected chi connectivity index (χ3v) is 13.1. The molecular formula is C33H52N4O2. The summed E-state index contributed by atoms with van der Waals surface area (Å²) in [7, 11) is 0. The van der Waals surface area contributed by atoms with E-state index in [1.165, 1.54) is 77.0 Å². The molecule has 2 saturated heterocycles. The Balaban J connectivity index is 0.838. The maximum atomic E-state index is 13.6. The molecule has 216 valence electrons. The second-order valence-electron chi connectivity index (χ2n) is 16.1. The standard InChI is InChI=1S/C33H52N4O2/c38-30(34-32-16-22-10-23(17-32)12-24(11-22)18-32)28-4-1-6-36(28)8-3-9-37-7-2-5-29(37)31(39)35-33-19-25-13-26(20-33)15-27(14-25)21-33/h22-29H,1-21H2,(H,34,38)(H,35,39)/t22?,23?,24?,25?,26?,27?,28-,29-,32?,33?/m0/s1. The molecule has 8 bridgehead atoms. The van der Waals surface area contributed by atoms with Crippen molar-refractivity contribution < 1.29 is 9.59 Å². The molecule has 6 heteroatoms. The number of nitrogens with zero attached hydrogens (tertiary/aromatic N) is 2. The molecule has 10 fully saturated rings. The predicted molar refractivity (Wildman–Crippen MR) is 152 cm³/mol. The van der Waals surface area contributed by atoms with Crippen LogP contribution in [0.25, 0.3) is 0 Å². The first kappa shape index (κ1) is 25.6. The van der Waals surface area contributed by atoms with Crippen LogP contribution in [-0.2, 0) is 9.59 Å². The van der Waals surface area contributed by atoms with Crippen molar-refractivity contribution in [2.45, 2.75) is 132 Å². The lowest BCUT2D eigenvalue weighted by atomic mass is 9.53. The number of carbonyl (C=O) groups excluding carboxylic acids is 2. The maximum Gasteiger partial charge on any atom is 0.237 e. The lowest BCUT2D eigenvalue weighted by Crippen LogP contribution is -2.62. The molecule has 8 saturated carbocycles. The second kappa shape index (κ2) is 9.71.